The number of aliphatic hydroxyl groups is 6. The molecule has 5 rings (SSSR count). The lowest BCUT2D eigenvalue weighted by Crippen LogP contribution is -2.65. The molecule has 3 aliphatic heterocycles. The van der Waals surface area contributed by atoms with E-state index >= 15 is 0 Å². The summed E-state index contributed by atoms with van der Waals surface area (Å²) in [7, 11) is 3.77. The van der Waals surface area contributed by atoms with Gasteiger partial charge in [0.1, 0.15) is 36.6 Å². The number of carbonyl (C=O) groups is 2. The van der Waals surface area contributed by atoms with Crippen molar-refractivity contribution in [1.82, 2.24) is 0 Å². The lowest BCUT2D eigenvalue weighted by Gasteiger charge is -2.57. The highest BCUT2D eigenvalue weighted by molar-refractivity contribution is 5.91. The van der Waals surface area contributed by atoms with E-state index in [1.807, 2.05) is 13.8 Å². The van der Waals surface area contributed by atoms with E-state index in [4.69, 9.17) is 33.2 Å². The molecule has 2 aliphatic carbocycles. The summed E-state index contributed by atoms with van der Waals surface area (Å²) < 4.78 is 39.1. The highest BCUT2D eigenvalue weighted by atomic mass is 16.8. The fraction of sp³-hybridized carbons (Fsp3) is 0.862. The van der Waals surface area contributed by atoms with Crippen molar-refractivity contribution >= 4 is 11.9 Å². The number of aliphatic hydroxyl groups excluding tert-OH is 5. The van der Waals surface area contributed by atoms with Gasteiger partial charge in [-0.3, -0.25) is 4.79 Å². The van der Waals surface area contributed by atoms with Crippen molar-refractivity contribution in [2.75, 3.05) is 27.9 Å². The average Bonchev–Trinajstić information content (AvgIpc) is 3.52. The number of allylic oxidation sites excluding steroid dienone is 1. The minimum atomic E-state index is -2.40. The minimum absolute atomic E-state index is 0.184. The van der Waals surface area contributed by atoms with Gasteiger partial charge in [0, 0.05) is 25.2 Å². The molecule has 0 aromatic carbocycles. The number of hydrogen-bond donors (Lipinski definition) is 6. The number of rotatable bonds is 9. The zero-order valence-electron chi connectivity index (χ0n) is 25.4. The Hall–Kier alpha value is -1.76. The lowest BCUT2D eigenvalue weighted by molar-refractivity contribution is -0.340. The van der Waals surface area contributed by atoms with Gasteiger partial charge in [0.2, 0.25) is 0 Å². The van der Waals surface area contributed by atoms with E-state index in [1.165, 1.54) is 21.3 Å². The van der Waals surface area contributed by atoms with E-state index in [-0.39, 0.29) is 12.8 Å². The molecule has 15 nitrogen and oxygen atoms in total. The first kappa shape index (κ1) is 33.6. The third-order valence-corrected chi connectivity index (χ3v) is 10.9. The van der Waals surface area contributed by atoms with Crippen LogP contribution in [0.1, 0.15) is 39.5 Å². The zero-order chi connectivity index (χ0) is 32.4. The summed E-state index contributed by atoms with van der Waals surface area (Å²) in [5, 5.41) is 65.0. The number of esters is 2. The second-order valence-corrected chi connectivity index (χ2v) is 12.9. The van der Waals surface area contributed by atoms with Gasteiger partial charge in [-0.25, -0.2) is 4.79 Å². The Morgan fingerprint density at radius 1 is 1.05 bits per heavy atom. The molecule has 0 radical (unpaired) electrons. The molecule has 5 aliphatic rings. The molecule has 250 valence electrons. The second kappa shape index (κ2) is 12.1. The fourth-order valence-corrected chi connectivity index (χ4v) is 8.44. The second-order valence-electron chi connectivity index (χ2n) is 12.9. The van der Waals surface area contributed by atoms with E-state index < -0.39 is 108 Å². The van der Waals surface area contributed by atoms with Gasteiger partial charge in [-0.1, -0.05) is 19.9 Å². The molecule has 0 unspecified atom stereocenters. The molecule has 44 heavy (non-hydrogen) atoms. The summed E-state index contributed by atoms with van der Waals surface area (Å²) >= 11 is 0. The predicted molar refractivity (Wildman–Crippen MR) is 144 cm³/mol. The molecular weight excluding hydrogens is 588 g/mol. The Kier molecular flexibility index (Phi) is 9.25. The molecule has 0 aromatic rings. The Morgan fingerprint density at radius 3 is 2.36 bits per heavy atom. The largest absolute Gasteiger partial charge is 0.466 e. The van der Waals surface area contributed by atoms with Crippen LogP contribution in [-0.4, -0.2) is 138 Å². The van der Waals surface area contributed by atoms with E-state index in [0.29, 0.717) is 18.4 Å². The van der Waals surface area contributed by atoms with E-state index in [1.54, 1.807) is 6.08 Å². The van der Waals surface area contributed by atoms with Gasteiger partial charge in [-0.2, -0.15) is 0 Å². The van der Waals surface area contributed by atoms with Crippen LogP contribution in [0.25, 0.3) is 0 Å². The van der Waals surface area contributed by atoms with Crippen LogP contribution >= 0.6 is 0 Å². The van der Waals surface area contributed by atoms with Crippen LogP contribution in [0.5, 0.6) is 0 Å². The van der Waals surface area contributed by atoms with Gasteiger partial charge in [0.15, 0.2) is 24.5 Å². The smallest absolute Gasteiger partial charge is 0.334 e. The predicted octanol–water partition coefficient (Wildman–Crippen LogP) is -1.90. The van der Waals surface area contributed by atoms with Gasteiger partial charge < -0.3 is 63.8 Å². The highest BCUT2D eigenvalue weighted by Crippen LogP contribution is 2.66. The van der Waals surface area contributed by atoms with Crippen LogP contribution in [0.4, 0.5) is 0 Å². The first-order chi connectivity index (χ1) is 20.7. The molecule has 3 saturated heterocycles. The molecule has 3 heterocycles. The van der Waals surface area contributed by atoms with Crippen LogP contribution in [0.2, 0.25) is 0 Å². The van der Waals surface area contributed by atoms with Crippen molar-refractivity contribution in [3.05, 3.63) is 11.6 Å². The van der Waals surface area contributed by atoms with Crippen LogP contribution in [0.3, 0.4) is 0 Å². The molecule has 15 atom stereocenters. The molecule has 0 aromatic heterocycles. The highest BCUT2D eigenvalue weighted by Gasteiger charge is 2.70. The van der Waals surface area contributed by atoms with Gasteiger partial charge in [-0.15, -0.1) is 0 Å². The molecule has 0 amide bonds. The van der Waals surface area contributed by atoms with Crippen LogP contribution in [-0.2, 0) is 42.7 Å². The quantitative estimate of drug-likeness (QED) is 0.153. The van der Waals surface area contributed by atoms with Crippen LogP contribution < -0.4 is 0 Å². The molecular formula is C29H44O15. The van der Waals surface area contributed by atoms with Crippen molar-refractivity contribution in [2.45, 2.75) is 107 Å². The van der Waals surface area contributed by atoms with Crippen molar-refractivity contribution in [1.29, 1.82) is 0 Å². The summed E-state index contributed by atoms with van der Waals surface area (Å²) in [5.41, 5.74) is -4.06. The Morgan fingerprint density at radius 2 is 1.75 bits per heavy atom. The molecule has 4 fully saturated rings. The molecule has 1 saturated carbocycles. The van der Waals surface area contributed by atoms with Crippen molar-refractivity contribution in [2.24, 2.45) is 22.7 Å². The summed E-state index contributed by atoms with van der Waals surface area (Å²) in [6, 6.07) is 0. The van der Waals surface area contributed by atoms with Crippen molar-refractivity contribution in [3.8, 4) is 0 Å². The number of fused-ring (bicyclic) bond motifs is 4. The Balaban J connectivity index is 1.60. The van der Waals surface area contributed by atoms with E-state index in [0.717, 1.165) is 0 Å². The molecule has 0 spiro atoms. The summed E-state index contributed by atoms with van der Waals surface area (Å²) in [6.07, 6.45) is -12.3. The monoisotopic (exact) mass is 632 g/mol. The minimum Gasteiger partial charge on any atom is -0.466 e. The van der Waals surface area contributed by atoms with Gasteiger partial charge in [0.05, 0.1) is 25.7 Å². The third kappa shape index (κ3) is 4.83. The summed E-state index contributed by atoms with van der Waals surface area (Å²) in [6.45, 7) is 2.95. The first-order valence-corrected chi connectivity index (χ1v) is 14.8. The standard InChI is InChI=1S/C29H44O15/c1-27(13-9-16(42-23(13)36)28(2)12(22(35)38-3)7-6-8-15(27)28)10-17(29(37)21(34)25(39-4)44-26(29)40-5)43-24-20(33)19(32)18(31)14(11-30)41-24/h7,13-21,24-26,30-34,37H,6,8-11H2,1-5H3/t13-,14-,15+,16-,17+,18-,19+,20-,21-,24+,25+,26+,27-,28+,29-/m1/s1. The van der Waals surface area contributed by atoms with Crippen LogP contribution in [0, 0.1) is 22.7 Å². The maximum atomic E-state index is 13.4. The third-order valence-electron chi connectivity index (χ3n) is 10.9. The van der Waals surface area contributed by atoms with Crippen molar-refractivity contribution in [3.63, 3.8) is 0 Å². The topological polar surface area (TPSA) is 220 Å². The van der Waals surface area contributed by atoms with Crippen molar-refractivity contribution < 1.29 is 73.4 Å². The van der Waals surface area contributed by atoms with Gasteiger partial charge >= 0.3 is 11.9 Å². The Labute approximate surface area is 254 Å². The Bertz CT molecular complexity index is 1130. The molecule has 15 heteroatoms. The molecule has 6 N–H and O–H groups in total. The maximum absolute atomic E-state index is 13.4. The number of ether oxygens (including phenoxy) is 7. The average molecular weight is 633 g/mol. The van der Waals surface area contributed by atoms with Gasteiger partial charge in [-0.05, 0) is 37.0 Å². The fourth-order valence-electron chi connectivity index (χ4n) is 8.44. The van der Waals surface area contributed by atoms with Crippen LogP contribution in [0.15, 0.2) is 11.6 Å². The summed E-state index contributed by atoms with van der Waals surface area (Å²) in [4.78, 5) is 26.4. The number of methoxy groups -OCH3 is 3. The van der Waals surface area contributed by atoms with E-state index in [2.05, 4.69) is 0 Å². The maximum Gasteiger partial charge on any atom is 0.334 e. The van der Waals surface area contributed by atoms with E-state index in [9.17, 15) is 40.2 Å². The van der Waals surface area contributed by atoms with Gasteiger partial charge in [0.25, 0.3) is 0 Å². The number of hydrogen-bond acceptors (Lipinski definition) is 15. The first-order valence-electron chi connectivity index (χ1n) is 14.8. The molecule has 2 bridgehead atoms. The summed E-state index contributed by atoms with van der Waals surface area (Å²) in [5.74, 6) is -2.13. The number of carbonyl (C=O) groups excluding carboxylic acids is 2. The lowest BCUT2D eigenvalue weighted by atomic mass is 9.46. The normalized spacial score (nSPS) is 49.2. The zero-order valence-corrected chi connectivity index (χ0v) is 25.4. The SMILES string of the molecule is COC(=O)C1=CCC[C@H]2[C@](C)(C[C@H](O[C@@H]3O[C@H](CO)[C@@H](O)[C@H](O)[C@H]3O)[C@]3(O)[C@@H](OC)O[C@H](OC)[C@H]3O)[C@@H]3C[C@@H](OC3=O)[C@@]12C.